The lowest BCUT2D eigenvalue weighted by Crippen LogP contribution is -2.13. The fourth-order valence-corrected chi connectivity index (χ4v) is 2.76. The van der Waals surface area contributed by atoms with Crippen molar-refractivity contribution in [3.63, 3.8) is 0 Å². The molecule has 0 aliphatic carbocycles. The van der Waals surface area contributed by atoms with Gasteiger partial charge in [0, 0.05) is 11.6 Å². The van der Waals surface area contributed by atoms with Crippen molar-refractivity contribution in [3.8, 4) is 5.75 Å². The number of aryl methyl sites for hydroxylation is 2. The maximum atomic E-state index is 12.3. The number of methoxy groups -OCH3 is 1. The van der Waals surface area contributed by atoms with Crippen molar-refractivity contribution in [2.45, 2.75) is 13.8 Å². The summed E-state index contributed by atoms with van der Waals surface area (Å²) in [5.74, 6) is -0.297. The zero-order valence-electron chi connectivity index (χ0n) is 15.5. The highest BCUT2D eigenvalue weighted by Crippen LogP contribution is 2.27. The highest BCUT2D eigenvalue weighted by atomic mass is 35.5. The molecule has 0 aromatic heterocycles. The van der Waals surface area contributed by atoms with E-state index in [4.69, 9.17) is 16.3 Å². The van der Waals surface area contributed by atoms with Gasteiger partial charge in [0.2, 0.25) is 0 Å². The van der Waals surface area contributed by atoms with Crippen LogP contribution in [0, 0.1) is 24.0 Å². The van der Waals surface area contributed by atoms with Crippen molar-refractivity contribution >= 4 is 35.1 Å². The van der Waals surface area contributed by atoms with Gasteiger partial charge in [-0.15, -0.1) is 0 Å². The minimum atomic E-state index is -0.636. The van der Waals surface area contributed by atoms with Gasteiger partial charge in [0.25, 0.3) is 5.69 Å². The summed E-state index contributed by atoms with van der Waals surface area (Å²) in [6, 6.07) is 7.50. The van der Waals surface area contributed by atoms with Crippen molar-refractivity contribution in [3.05, 3.63) is 73.8 Å². The molecule has 0 aliphatic heterocycles. The van der Waals surface area contributed by atoms with Crippen molar-refractivity contribution in [1.29, 1.82) is 0 Å². The van der Waals surface area contributed by atoms with E-state index in [0.29, 0.717) is 5.75 Å². The number of benzene rings is 2. The Morgan fingerprint density at radius 3 is 2.39 bits per heavy atom. The van der Waals surface area contributed by atoms with Gasteiger partial charge in [-0.05, 0) is 60.9 Å². The number of ether oxygens (including phenoxy) is 2. The number of hydrogen-bond donors (Lipinski definition) is 0. The number of allylic oxidation sites excluding steroid dienone is 1. The third kappa shape index (κ3) is 5.17. The monoisotopic (exact) mass is 403 g/mol. The van der Waals surface area contributed by atoms with Crippen LogP contribution in [0.15, 0.2) is 36.4 Å². The molecule has 0 bridgehead atoms. The summed E-state index contributed by atoms with van der Waals surface area (Å²) in [4.78, 5) is 33.9. The van der Waals surface area contributed by atoms with Gasteiger partial charge in [-0.1, -0.05) is 17.7 Å². The molecular weight excluding hydrogens is 386 g/mol. The van der Waals surface area contributed by atoms with Crippen LogP contribution in [0.25, 0.3) is 6.08 Å². The van der Waals surface area contributed by atoms with Crippen molar-refractivity contribution in [2.24, 2.45) is 0 Å². The Labute approximate surface area is 166 Å². The van der Waals surface area contributed by atoms with Gasteiger partial charge in [-0.2, -0.15) is 0 Å². The van der Waals surface area contributed by atoms with E-state index in [2.05, 4.69) is 4.74 Å². The van der Waals surface area contributed by atoms with Gasteiger partial charge < -0.3 is 9.47 Å². The SMILES string of the molecule is COC(=O)COc1c(C)cc(/C=C/C(=O)c2ccc(Cl)c([N+](=O)[O-])c2)cc1C. The number of ketones is 1. The minimum absolute atomic E-state index is 0.0284. The zero-order valence-corrected chi connectivity index (χ0v) is 16.3. The lowest BCUT2D eigenvalue weighted by atomic mass is 10.0. The van der Waals surface area contributed by atoms with E-state index in [-0.39, 0.29) is 28.7 Å². The van der Waals surface area contributed by atoms with Gasteiger partial charge in [0.15, 0.2) is 12.4 Å². The number of carbonyl (C=O) groups excluding carboxylic acids is 2. The topological polar surface area (TPSA) is 95.7 Å². The first kappa shape index (κ1) is 21.1. The summed E-state index contributed by atoms with van der Waals surface area (Å²) in [7, 11) is 1.28. The second-order valence-electron chi connectivity index (χ2n) is 5.97. The Hall–Kier alpha value is -3.19. The maximum absolute atomic E-state index is 12.3. The number of nitro groups is 1. The van der Waals surface area contributed by atoms with Crippen LogP contribution in [0.4, 0.5) is 5.69 Å². The normalized spacial score (nSPS) is 10.7. The predicted molar refractivity (Wildman–Crippen MR) is 105 cm³/mol. The van der Waals surface area contributed by atoms with Crippen LogP contribution < -0.4 is 4.74 Å². The molecule has 0 atom stereocenters. The molecule has 2 aromatic carbocycles. The number of esters is 1. The Balaban J connectivity index is 2.20. The lowest BCUT2D eigenvalue weighted by molar-refractivity contribution is -0.384. The minimum Gasteiger partial charge on any atom is -0.481 e. The van der Waals surface area contributed by atoms with Crippen LogP contribution >= 0.6 is 11.6 Å². The first-order valence-corrected chi connectivity index (χ1v) is 8.58. The van der Waals surface area contributed by atoms with Crippen LogP contribution in [0.5, 0.6) is 5.75 Å². The lowest BCUT2D eigenvalue weighted by Gasteiger charge is -2.12. The van der Waals surface area contributed by atoms with Gasteiger partial charge in [-0.25, -0.2) is 4.79 Å². The third-order valence-electron chi connectivity index (χ3n) is 3.90. The summed E-state index contributed by atoms with van der Waals surface area (Å²) >= 11 is 5.76. The van der Waals surface area contributed by atoms with Crippen LogP contribution in [0.3, 0.4) is 0 Å². The molecule has 2 aromatic rings. The molecule has 0 unspecified atom stereocenters. The van der Waals surface area contributed by atoms with E-state index in [1.54, 1.807) is 18.2 Å². The molecule has 0 saturated carbocycles. The Bertz CT molecular complexity index is 944. The first-order valence-electron chi connectivity index (χ1n) is 8.20. The van der Waals surface area contributed by atoms with Crippen molar-refractivity contribution in [2.75, 3.05) is 13.7 Å². The highest BCUT2D eigenvalue weighted by Gasteiger charge is 2.15. The summed E-state index contributed by atoms with van der Waals surface area (Å²) in [6.07, 6.45) is 2.93. The van der Waals surface area contributed by atoms with E-state index in [0.717, 1.165) is 22.8 Å². The smallest absolute Gasteiger partial charge is 0.343 e. The maximum Gasteiger partial charge on any atom is 0.343 e. The number of halogens is 1. The molecule has 7 nitrogen and oxygen atoms in total. The zero-order chi connectivity index (χ0) is 20.8. The average molecular weight is 404 g/mol. The van der Waals surface area contributed by atoms with Gasteiger partial charge in [-0.3, -0.25) is 14.9 Å². The van der Waals surface area contributed by atoms with Crippen LogP contribution in [0.1, 0.15) is 27.0 Å². The Kier molecular flexibility index (Phi) is 6.89. The highest BCUT2D eigenvalue weighted by molar-refractivity contribution is 6.32. The molecule has 8 heteroatoms. The predicted octanol–water partition coefficient (Wildman–Crippen LogP) is 4.31. The number of carbonyl (C=O) groups is 2. The fraction of sp³-hybridized carbons (Fsp3) is 0.200. The van der Waals surface area contributed by atoms with E-state index in [9.17, 15) is 19.7 Å². The summed E-state index contributed by atoms with van der Waals surface area (Å²) in [6.45, 7) is 3.45. The van der Waals surface area contributed by atoms with Crippen LogP contribution in [0.2, 0.25) is 5.02 Å². The second kappa shape index (κ2) is 9.14. The molecule has 0 amide bonds. The molecule has 146 valence electrons. The Morgan fingerprint density at radius 1 is 1.18 bits per heavy atom. The number of hydrogen-bond acceptors (Lipinski definition) is 6. The van der Waals surface area contributed by atoms with Crippen LogP contribution in [-0.4, -0.2) is 30.4 Å². The summed E-state index contributed by atoms with van der Waals surface area (Å²) in [5, 5.41) is 10.9. The standard InChI is InChI=1S/C20H18ClNO6/c1-12-8-14(9-13(2)20(12)28-11-19(24)27-3)4-7-18(23)15-5-6-16(21)17(10-15)22(25)26/h4-10H,11H2,1-3H3/b7-4+. The largest absolute Gasteiger partial charge is 0.481 e. The van der Waals surface area contributed by atoms with Crippen LogP contribution in [-0.2, 0) is 9.53 Å². The number of nitro benzene ring substituents is 1. The molecular formula is C20H18ClNO6. The molecule has 0 heterocycles. The number of rotatable bonds is 7. The summed E-state index contributed by atoms with van der Waals surface area (Å²) in [5.41, 5.74) is 2.17. The molecule has 0 N–H and O–H groups in total. The van der Waals surface area contributed by atoms with Gasteiger partial charge in [0.05, 0.1) is 12.0 Å². The van der Waals surface area contributed by atoms with E-state index in [1.165, 1.54) is 25.3 Å². The fourth-order valence-electron chi connectivity index (χ4n) is 2.57. The molecule has 0 fully saturated rings. The molecule has 2 rings (SSSR count). The molecule has 0 saturated heterocycles. The van der Waals surface area contributed by atoms with E-state index < -0.39 is 10.9 Å². The Morgan fingerprint density at radius 2 is 1.82 bits per heavy atom. The van der Waals surface area contributed by atoms with Crippen molar-refractivity contribution < 1.29 is 24.0 Å². The van der Waals surface area contributed by atoms with Gasteiger partial charge >= 0.3 is 5.97 Å². The first-order chi connectivity index (χ1) is 13.2. The third-order valence-corrected chi connectivity index (χ3v) is 4.22. The molecule has 0 radical (unpaired) electrons. The second-order valence-corrected chi connectivity index (χ2v) is 6.38. The molecule has 0 aliphatic rings. The van der Waals surface area contributed by atoms with Crippen molar-refractivity contribution in [1.82, 2.24) is 0 Å². The average Bonchev–Trinajstić information content (AvgIpc) is 2.65. The molecule has 28 heavy (non-hydrogen) atoms. The van der Waals surface area contributed by atoms with Gasteiger partial charge in [0.1, 0.15) is 10.8 Å². The quantitative estimate of drug-likeness (QED) is 0.225. The van der Waals surface area contributed by atoms with E-state index in [1.807, 2.05) is 13.8 Å². The number of nitrogens with zero attached hydrogens (tertiary/aromatic N) is 1. The summed E-state index contributed by atoms with van der Waals surface area (Å²) < 4.78 is 10.0. The van der Waals surface area contributed by atoms with E-state index >= 15 is 0 Å². The molecule has 0 spiro atoms.